The summed E-state index contributed by atoms with van der Waals surface area (Å²) >= 11 is 0. The number of hydrogen-bond acceptors (Lipinski definition) is 7. The Balaban J connectivity index is -0.000000632. The Labute approximate surface area is 319 Å². The molecule has 0 saturated heterocycles. The average molecular weight is 729 g/mol. The predicted molar refractivity (Wildman–Crippen MR) is 219 cm³/mol. The second-order valence-electron chi connectivity index (χ2n) is 13.7. The van der Waals surface area contributed by atoms with Gasteiger partial charge in [0, 0.05) is 17.2 Å². The molecule has 0 aliphatic heterocycles. The number of rotatable bonds is 26. The topological polar surface area (TPSA) is 88.1 Å². The molecule has 0 saturated carbocycles. The lowest BCUT2D eigenvalue weighted by molar-refractivity contribution is -0.139. The summed E-state index contributed by atoms with van der Waals surface area (Å²) in [6, 6.07) is 9.37. The smallest absolute Gasteiger partial charge is 0.333 e. The molecule has 1 rings (SSSR count). The summed E-state index contributed by atoms with van der Waals surface area (Å²) in [5, 5.41) is 0. The molecular weight excluding hydrogens is 652 g/mol. The number of carbonyl (C=O) groups excluding carboxylic acids is 3. The molecule has 0 atom stereocenters. The number of esters is 3. The van der Waals surface area contributed by atoms with Crippen LogP contribution < -0.4 is 4.74 Å². The van der Waals surface area contributed by atoms with Gasteiger partial charge in [-0.3, -0.25) is 0 Å². The van der Waals surface area contributed by atoms with Gasteiger partial charge in [0.1, 0.15) is 25.6 Å². The predicted octanol–water partition coefficient (Wildman–Crippen LogP) is 12.4. The quantitative estimate of drug-likeness (QED) is 0.0308. The van der Waals surface area contributed by atoms with Gasteiger partial charge >= 0.3 is 17.9 Å². The Morgan fingerprint density at radius 2 is 1.19 bits per heavy atom. The van der Waals surface area contributed by atoms with Gasteiger partial charge in [-0.25, -0.2) is 14.4 Å². The van der Waals surface area contributed by atoms with Crippen molar-refractivity contribution in [1.82, 2.24) is 0 Å². The van der Waals surface area contributed by atoms with Crippen molar-refractivity contribution in [3.05, 3.63) is 79.9 Å². The van der Waals surface area contributed by atoms with Crippen molar-refractivity contribution in [1.29, 1.82) is 0 Å². The highest BCUT2D eigenvalue weighted by Crippen LogP contribution is 2.14. The van der Waals surface area contributed by atoms with Gasteiger partial charge in [-0.15, -0.1) is 0 Å². The largest absolute Gasteiger partial charge is 0.490 e. The van der Waals surface area contributed by atoms with E-state index in [2.05, 4.69) is 70.4 Å². The Hall–Kier alpha value is -3.61. The summed E-state index contributed by atoms with van der Waals surface area (Å²) in [6.07, 6.45) is 23.9. The van der Waals surface area contributed by atoms with Crippen molar-refractivity contribution in [3.8, 4) is 5.75 Å². The zero-order valence-electron chi connectivity index (χ0n) is 34.3. The molecule has 7 nitrogen and oxygen atoms in total. The van der Waals surface area contributed by atoms with E-state index in [1.807, 2.05) is 30.3 Å². The first-order chi connectivity index (χ1) is 24.9. The van der Waals surface area contributed by atoms with E-state index in [0.29, 0.717) is 17.8 Å². The molecule has 52 heavy (non-hydrogen) atoms. The van der Waals surface area contributed by atoms with Gasteiger partial charge in [0.15, 0.2) is 0 Å². The van der Waals surface area contributed by atoms with E-state index in [-0.39, 0.29) is 25.2 Å². The minimum absolute atomic E-state index is 0.237. The van der Waals surface area contributed by atoms with Crippen molar-refractivity contribution < 1.29 is 33.3 Å². The summed E-state index contributed by atoms with van der Waals surface area (Å²) in [7, 11) is 1.40. The normalized spacial score (nSPS) is 9.87. The van der Waals surface area contributed by atoms with Crippen LogP contribution in [-0.2, 0) is 28.6 Å². The fourth-order valence-corrected chi connectivity index (χ4v) is 4.49. The number of ether oxygens (including phenoxy) is 4. The molecule has 0 unspecified atom stereocenters. The van der Waals surface area contributed by atoms with Crippen molar-refractivity contribution in [2.75, 3.05) is 26.9 Å². The maximum Gasteiger partial charge on any atom is 0.333 e. The van der Waals surface area contributed by atoms with Gasteiger partial charge in [-0.1, -0.05) is 175 Å². The third kappa shape index (κ3) is 42.6. The molecule has 0 spiro atoms. The Morgan fingerprint density at radius 3 is 1.63 bits per heavy atom. The Morgan fingerprint density at radius 1 is 0.692 bits per heavy atom. The maximum atomic E-state index is 11.0. The van der Waals surface area contributed by atoms with Crippen LogP contribution in [0, 0.1) is 11.8 Å². The van der Waals surface area contributed by atoms with Crippen LogP contribution >= 0.6 is 0 Å². The molecule has 1 aromatic carbocycles. The van der Waals surface area contributed by atoms with Crippen LogP contribution in [0.5, 0.6) is 5.75 Å². The van der Waals surface area contributed by atoms with E-state index >= 15 is 0 Å². The van der Waals surface area contributed by atoms with Crippen LogP contribution in [0.2, 0.25) is 0 Å². The maximum absolute atomic E-state index is 11.0. The van der Waals surface area contributed by atoms with E-state index in [1.54, 1.807) is 6.92 Å². The molecule has 0 heterocycles. The molecule has 0 aliphatic carbocycles. The fourth-order valence-electron chi connectivity index (χ4n) is 4.49. The van der Waals surface area contributed by atoms with E-state index < -0.39 is 5.97 Å². The van der Waals surface area contributed by atoms with Crippen molar-refractivity contribution in [3.63, 3.8) is 0 Å². The minimum Gasteiger partial charge on any atom is -0.490 e. The van der Waals surface area contributed by atoms with Gasteiger partial charge in [0.25, 0.3) is 0 Å². The molecule has 1 aromatic rings. The van der Waals surface area contributed by atoms with Crippen molar-refractivity contribution in [2.24, 2.45) is 11.8 Å². The minimum atomic E-state index is -0.412. The van der Waals surface area contributed by atoms with Crippen LogP contribution in [-0.4, -0.2) is 44.8 Å². The first-order valence-corrected chi connectivity index (χ1v) is 19.5. The summed E-state index contributed by atoms with van der Waals surface area (Å²) in [6.45, 7) is 27.6. The van der Waals surface area contributed by atoms with E-state index in [1.165, 1.54) is 103 Å². The number of para-hydroxylation sites is 1. The first kappa shape index (κ1) is 52.7. The number of carbonyl (C=O) groups is 3. The lowest BCUT2D eigenvalue weighted by Gasteiger charge is -2.06. The van der Waals surface area contributed by atoms with Gasteiger partial charge in [-0.05, 0) is 43.7 Å². The van der Waals surface area contributed by atoms with Gasteiger partial charge < -0.3 is 18.9 Å². The molecule has 7 heteroatoms. The zero-order chi connectivity index (χ0) is 39.8. The lowest BCUT2D eigenvalue weighted by Crippen LogP contribution is -2.12. The average Bonchev–Trinajstić information content (AvgIpc) is 3.13. The molecule has 298 valence electrons. The third-order valence-electron chi connectivity index (χ3n) is 7.56. The van der Waals surface area contributed by atoms with E-state index in [9.17, 15) is 14.4 Å². The highest BCUT2D eigenvalue weighted by Gasteiger charge is 2.05. The van der Waals surface area contributed by atoms with Crippen molar-refractivity contribution in [2.45, 2.75) is 144 Å². The highest BCUT2D eigenvalue weighted by molar-refractivity contribution is 5.87. The standard InChI is InChI=1S/C14H26O2.C13H28.C12H14O3.C6H8O2/c1-12(2)10-8-6-5-7-9-11-13(3)14(15)16-4;1-4-5-6-7-8-9-10-11-12-13(2)3;1-10(2)12(13)15-9-8-14-11-6-4-3-5-7-11;1-3-5-8-6(7)4-2/h12H,3,5-11H2,1-2,4H3;13H,4-12H2,1-3H3;3-7H,1,8-9H2,2H3;3-4H,1-2,5H2. The van der Waals surface area contributed by atoms with Crippen LogP contribution in [0.25, 0.3) is 0 Å². The molecule has 0 amide bonds. The molecule has 0 bridgehead atoms. The van der Waals surface area contributed by atoms with E-state index in [4.69, 9.17) is 9.47 Å². The lowest BCUT2D eigenvalue weighted by atomic mass is 10.0. The van der Waals surface area contributed by atoms with Gasteiger partial charge in [0.05, 0.1) is 7.11 Å². The fraction of sp³-hybridized carbons (Fsp3) is 0.622. The molecule has 0 fully saturated rings. The number of unbranched alkanes of at least 4 members (excludes halogenated alkanes) is 11. The van der Waals surface area contributed by atoms with Gasteiger partial charge in [-0.2, -0.15) is 0 Å². The summed E-state index contributed by atoms with van der Waals surface area (Å²) in [4.78, 5) is 32.2. The molecule has 0 aliphatic rings. The molecule has 0 aromatic heterocycles. The number of hydrogen-bond donors (Lipinski definition) is 0. The van der Waals surface area contributed by atoms with Crippen LogP contribution in [0.3, 0.4) is 0 Å². The SMILES string of the molecule is C=C(C)C(=O)OCCOc1ccccc1.C=C(CCCCCCCC(C)C)C(=O)OC.C=CCOC(=O)C=C.CCCCCCCCCCC(C)C. The summed E-state index contributed by atoms with van der Waals surface area (Å²) in [5.41, 5.74) is 0.999. The second kappa shape index (κ2) is 40.2. The number of methoxy groups -OCH3 is 1. The summed E-state index contributed by atoms with van der Waals surface area (Å²) in [5.74, 6) is 1.43. The monoisotopic (exact) mass is 729 g/mol. The highest BCUT2D eigenvalue weighted by atomic mass is 16.6. The van der Waals surface area contributed by atoms with E-state index in [0.717, 1.165) is 36.5 Å². The second-order valence-corrected chi connectivity index (χ2v) is 13.7. The van der Waals surface area contributed by atoms with Crippen LogP contribution in [0.15, 0.2) is 79.9 Å². The third-order valence-corrected chi connectivity index (χ3v) is 7.56. The summed E-state index contributed by atoms with van der Waals surface area (Å²) < 4.78 is 19.3. The molecule has 0 radical (unpaired) electrons. The zero-order valence-corrected chi connectivity index (χ0v) is 34.3. The van der Waals surface area contributed by atoms with Crippen molar-refractivity contribution >= 4 is 17.9 Å². The Bertz CT molecular complexity index is 1040. The van der Waals surface area contributed by atoms with Crippen LogP contribution in [0.4, 0.5) is 0 Å². The van der Waals surface area contributed by atoms with Gasteiger partial charge in [0.2, 0.25) is 0 Å². The van der Waals surface area contributed by atoms with Crippen LogP contribution in [0.1, 0.15) is 144 Å². The number of benzene rings is 1. The first-order valence-electron chi connectivity index (χ1n) is 19.5. The molecule has 0 N–H and O–H groups in total. The Kier molecular flexibility index (Phi) is 40.7. The molecular formula is C45H76O7.